The lowest BCUT2D eigenvalue weighted by Gasteiger charge is -2.05. The van der Waals surface area contributed by atoms with Crippen LogP contribution in [0.15, 0.2) is 24.3 Å². The predicted octanol–water partition coefficient (Wildman–Crippen LogP) is 1.03. The molecule has 0 heterocycles. The fourth-order valence-corrected chi connectivity index (χ4v) is 1.31. The average Bonchev–Trinajstić information content (AvgIpc) is 2.25. The van der Waals surface area contributed by atoms with Crippen molar-refractivity contribution in [2.24, 2.45) is 0 Å². The number of benzene rings is 1. The fourth-order valence-electron chi connectivity index (χ4n) is 1.31. The minimum atomic E-state index is -0.371. The standard InChI is InChI=1S/C10H15N3O2/c11-7-3-4-8-12-9-5-1-2-6-10(9)13(14)15/h1-2,5-6,12H,3-4,7-8,11H2/p+1. The smallest absolute Gasteiger partial charge is 0.292 e. The number of quaternary nitrogens is 1. The number of nitro groups is 1. The number of nitrogens with zero attached hydrogens (tertiary/aromatic N) is 1. The van der Waals surface area contributed by atoms with Crippen LogP contribution >= 0.6 is 0 Å². The third kappa shape index (κ3) is 3.55. The molecule has 0 amide bonds. The van der Waals surface area contributed by atoms with Crippen molar-refractivity contribution in [1.29, 1.82) is 0 Å². The van der Waals surface area contributed by atoms with Gasteiger partial charge in [-0.1, -0.05) is 12.1 Å². The first-order chi connectivity index (χ1) is 7.25. The number of hydrogen-bond acceptors (Lipinski definition) is 3. The number of anilines is 1. The molecule has 5 nitrogen and oxygen atoms in total. The summed E-state index contributed by atoms with van der Waals surface area (Å²) < 4.78 is 0. The molecule has 0 fully saturated rings. The quantitative estimate of drug-likeness (QED) is 0.418. The molecule has 5 heteroatoms. The van der Waals surface area contributed by atoms with Gasteiger partial charge in [-0.25, -0.2) is 0 Å². The second-order valence-corrected chi connectivity index (χ2v) is 3.26. The molecule has 1 aromatic carbocycles. The van der Waals surface area contributed by atoms with E-state index >= 15 is 0 Å². The van der Waals surface area contributed by atoms with Gasteiger partial charge in [0.25, 0.3) is 5.69 Å². The maximum atomic E-state index is 10.7. The van der Waals surface area contributed by atoms with Crippen molar-refractivity contribution in [1.82, 2.24) is 0 Å². The monoisotopic (exact) mass is 210 g/mol. The van der Waals surface area contributed by atoms with Crippen molar-refractivity contribution in [2.75, 3.05) is 18.4 Å². The fraction of sp³-hybridized carbons (Fsp3) is 0.400. The Morgan fingerprint density at radius 1 is 1.33 bits per heavy atom. The predicted molar refractivity (Wildman–Crippen MR) is 58.6 cm³/mol. The summed E-state index contributed by atoms with van der Waals surface area (Å²) in [5, 5.41) is 13.7. The second-order valence-electron chi connectivity index (χ2n) is 3.26. The number of rotatable bonds is 6. The van der Waals surface area contributed by atoms with Gasteiger partial charge in [-0.15, -0.1) is 0 Å². The van der Waals surface area contributed by atoms with E-state index in [0.29, 0.717) is 5.69 Å². The minimum absolute atomic E-state index is 0.132. The Morgan fingerprint density at radius 3 is 2.73 bits per heavy atom. The van der Waals surface area contributed by atoms with Crippen molar-refractivity contribution >= 4 is 11.4 Å². The zero-order chi connectivity index (χ0) is 11.1. The number of hydrogen-bond donors (Lipinski definition) is 2. The second kappa shape index (κ2) is 5.98. The number of nitro benzene ring substituents is 1. The summed E-state index contributed by atoms with van der Waals surface area (Å²) in [5.41, 5.74) is 4.46. The highest BCUT2D eigenvalue weighted by Crippen LogP contribution is 2.22. The van der Waals surface area contributed by atoms with Crippen LogP contribution in [0.25, 0.3) is 0 Å². The highest BCUT2D eigenvalue weighted by Gasteiger charge is 2.10. The van der Waals surface area contributed by atoms with Gasteiger partial charge in [-0.2, -0.15) is 0 Å². The number of unbranched alkanes of at least 4 members (excludes halogenated alkanes) is 1. The molecule has 0 bridgehead atoms. The molecule has 4 N–H and O–H groups in total. The van der Waals surface area contributed by atoms with Crippen LogP contribution < -0.4 is 11.1 Å². The number of nitrogens with one attached hydrogen (secondary N) is 1. The maximum Gasteiger partial charge on any atom is 0.292 e. The number of para-hydroxylation sites is 2. The van der Waals surface area contributed by atoms with E-state index in [-0.39, 0.29) is 10.6 Å². The van der Waals surface area contributed by atoms with Crippen LogP contribution in [0.3, 0.4) is 0 Å². The van der Waals surface area contributed by atoms with Gasteiger partial charge in [0.2, 0.25) is 0 Å². The molecular weight excluding hydrogens is 194 g/mol. The lowest BCUT2D eigenvalue weighted by molar-refractivity contribution is -0.384. The van der Waals surface area contributed by atoms with Gasteiger partial charge in [0, 0.05) is 12.6 Å². The van der Waals surface area contributed by atoms with E-state index in [1.165, 1.54) is 6.07 Å². The Hall–Kier alpha value is -1.62. The van der Waals surface area contributed by atoms with Gasteiger partial charge >= 0.3 is 0 Å². The lowest BCUT2D eigenvalue weighted by atomic mass is 10.2. The molecule has 0 saturated heterocycles. The van der Waals surface area contributed by atoms with Gasteiger partial charge < -0.3 is 11.1 Å². The average molecular weight is 210 g/mol. The lowest BCUT2D eigenvalue weighted by Crippen LogP contribution is -2.50. The Balaban J connectivity index is 2.56. The summed E-state index contributed by atoms with van der Waals surface area (Å²) >= 11 is 0. The minimum Gasteiger partial charge on any atom is -0.379 e. The highest BCUT2D eigenvalue weighted by atomic mass is 16.6. The Morgan fingerprint density at radius 2 is 2.07 bits per heavy atom. The van der Waals surface area contributed by atoms with E-state index in [1.807, 2.05) is 0 Å². The van der Waals surface area contributed by atoms with E-state index in [2.05, 4.69) is 11.1 Å². The normalized spacial score (nSPS) is 9.93. The largest absolute Gasteiger partial charge is 0.379 e. The van der Waals surface area contributed by atoms with Crippen molar-refractivity contribution in [3.63, 3.8) is 0 Å². The molecular formula is C10H16N3O2+. The van der Waals surface area contributed by atoms with Crippen molar-refractivity contribution in [3.05, 3.63) is 34.4 Å². The van der Waals surface area contributed by atoms with Crippen LogP contribution in [0.1, 0.15) is 12.8 Å². The molecule has 0 aliphatic carbocycles. The van der Waals surface area contributed by atoms with E-state index in [4.69, 9.17) is 0 Å². The van der Waals surface area contributed by atoms with Crippen LogP contribution in [0.4, 0.5) is 11.4 Å². The first-order valence-electron chi connectivity index (χ1n) is 5.02. The summed E-state index contributed by atoms with van der Waals surface area (Å²) in [5.74, 6) is 0. The summed E-state index contributed by atoms with van der Waals surface area (Å²) in [6, 6.07) is 6.68. The molecule has 0 aliphatic heterocycles. The SMILES string of the molecule is [NH3+]CCCCNc1ccccc1[N+](=O)[O-]. The highest BCUT2D eigenvalue weighted by molar-refractivity contribution is 5.60. The zero-order valence-corrected chi connectivity index (χ0v) is 8.61. The van der Waals surface area contributed by atoms with Crippen LogP contribution in [-0.2, 0) is 0 Å². The van der Waals surface area contributed by atoms with E-state index < -0.39 is 0 Å². The van der Waals surface area contributed by atoms with Gasteiger partial charge in [-0.3, -0.25) is 10.1 Å². The van der Waals surface area contributed by atoms with Crippen molar-refractivity contribution in [3.8, 4) is 0 Å². The molecule has 0 saturated carbocycles. The molecule has 0 aliphatic rings. The molecule has 0 unspecified atom stereocenters. The zero-order valence-electron chi connectivity index (χ0n) is 8.61. The molecule has 0 radical (unpaired) electrons. The van der Waals surface area contributed by atoms with E-state index in [1.54, 1.807) is 18.2 Å². The van der Waals surface area contributed by atoms with Crippen LogP contribution in [-0.4, -0.2) is 18.0 Å². The van der Waals surface area contributed by atoms with Crippen LogP contribution in [0, 0.1) is 10.1 Å². The van der Waals surface area contributed by atoms with Crippen LogP contribution in [0.5, 0.6) is 0 Å². The molecule has 82 valence electrons. The van der Waals surface area contributed by atoms with E-state index in [0.717, 1.165) is 25.9 Å². The first-order valence-corrected chi connectivity index (χ1v) is 5.02. The summed E-state index contributed by atoms with van der Waals surface area (Å²) in [4.78, 5) is 10.3. The van der Waals surface area contributed by atoms with Gasteiger partial charge in [0.1, 0.15) is 5.69 Å². The summed E-state index contributed by atoms with van der Waals surface area (Å²) in [6.07, 6.45) is 2.02. The topological polar surface area (TPSA) is 82.8 Å². The summed E-state index contributed by atoms with van der Waals surface area (Å²) in [6.45, 7) is 1.65. The third-order valence-corrected chi connectivity index (χ3v) is 2.09. The molecule has 0 spiro atoms. The first kappa shape index (κ1) is 11.5. The van der Waals surface area contributed by atoms with Gasteiger partial charge in [-0.05, 0) is 18.9 Å². The van der Waals surface area contributed by atoms with Gasteiger partial charge in [0.05, 0.1) is 11.5 Å². The Kier molecular flexibility index (Phi) is 4.56. The van der Waals surface area contributed by atoms with Crippen molar-refractivity contribution in [2.45, 2.75) is 12.8 Å². The van der Waals surface area contributed by atoms with E-state index in [9.17, 15) is 10.1 Å². The van der Waals surface area contributed by atoms with Gasteiger partial charge in [0.15, 0.2) is 0 Å². The Bertz CT molecular complexity index is 328. The molecule has 1 rings (SSSR count). The van der Waals surface area contributed by atoms with Crippen LogP contribution in [0.2, 0.25) is 0 Å². The molecule has 1 aromatic rings. The summed E-state index contributed by atoms with van der Waals surface area (Å²) in [7, 11) is 0. The maximum absolute atomic E-state index is 10.7. The van der Waals surface area contributed by atoms with Crippen molar-refractivity contribution < 1.29 is 10.7 Å². The molecule has 0 atom stereocenters. The molecule has 0 aromatic heterocycles. The Labute approximate surface area is 88.4 Å². The molecule has 15 heavy (non-hydrogen) atoms. The third-order valence-electron chi connectivity index (χ3n) is 2.09.